The second kappa shape index (κ2) is 8.88. The fourth-order valence-corrected chi connectivity index (χ4v) is 3.29. The second-order valence-corrected chi connectivity index (χ2v) is 7.18. The number of carbonyl (C=O) groups excluding carboxylic acids is 2. The second-order valence-electron chi connectivity index (χ2n) is 7.18. The first kappa shape index (κ1) is 19.9. The monoisotopic (exact) mass is 384 g/mol. The molecule has 8 heteroatoms. The van der Waals surface area contributed by atoms with Gasteiger partial charge in [-0.1, -0.05) is 13.0 Å². The van der Waals surface area contributed by atoms with Crippen molar-refractivity contribution in [2.24, 2.45) is 7.05 Å². The Bertz CT molecular complexity index is 826. The molecule has 0 unspecified atom stereocenters. The van der Waals surface area contributed by atoms with Crippen molar-refractivity contribution < 1.29 is 9.59 Å². The van der Waals surface area contributed by atoms with Crippen LogP contribution in [0.1, 0.15) is 35.3 Å². The number of anilines is 1. The summed E-state index contributed by atoms with van der Waals surface area (Å²) < 4.78 is 1.71. The van der Waals surface area contributed by atoms with Crippen LogP contribution in [0.5, 0.6) is 0 Å². The van der Waals surface area contributed by atoms with Crippen molar-refractivity contribution in [3.8, 4) is 0 Å². The van der Waals surface area contributed by atoms with Crippen molar-refractivity contribution in [2.45, 2.75) is 19.4 Å². The van der Waals surface area contributed by atoms with Crippen LogP contribution in [-0.4, -0.2) is 64.7 Å². The molecule has 0 radical (unpaired) electrons. The van der Waals surface area contributed by atoms with E-state index in [0.717, 1.165) is 38.2 Å². The Morgan fingerprint density at radius 1 is 1.18 bits per heavy atom. The number of nitrogens with one attached hydrogen (secondary N) is 2. The average Bonchev–Trinajstić information content (AvgIpc) is 3.12. The van der Waals surface area contributed by atoms with Crippen molar-refractivity contribution in [3.63, 3.8) is 0 Å². The van der Waals surface area contributed by atoms with Crippen LogP contribution in [0.25, 0.3) is 0 Å². The predicted molar refractivity (Wildman–Crippen MR) is 108 cm³/mol. The van der Waals surface area contributed by atoms with Gasteiger partial charge in [-0.2, -0.15) is 5.10 Å². The maximum Gasteiger partial charge on any atom is 0.319 e. The Morgan fingerprint density at radius 2 is 1.93 bits per heavy atom. The van der Waals surface area contributed by atoms with Crippen molar-refractivity contribution in [1.29, 1.82) is 0 Å². The summed E-state index contributed by atoms with van der Waals surface area (Å²) in [5.41, 5.74) is 2.14. The number of hydrogen-bond acceptors (Lipinski definition) is 4. The van der Waals surface area contributed by atoms with Gasteiger partial charge in [0.05, 0.1) is 12.2 Å². The van der Waals surface area contributed by atoms with Gasteiger partial charge < -0.3 is 20.4 Å². The fraction of sp³-hybridized carbons (Fsp3) is 0.450. The molecular formula is C20H28N6O2. The molecule has 1 atom stereocenters. The third kappa shape index (κ3) is 4.89. The lowest BCUT2D eigenvalue weighted by atomic mass is 10.1. The average molecular weight is 384 g/mol. The normalized spacial score (nSPS) is 15.9. The van der Waals surface area contributed by atoms with Crippen LogP contribution in [0, 0.1) is 0 Å². The summed E-state index contributed by atoms with van der Waals surface area (Å²) in [5.74, 6) is -0.000970. The molecule has 0 spiro atoms. The highest BCUT2D eigenvalue weighted by molar-refractivity contribution is 5.97. The number of aromatic nitrogens is 2. The summed E-state index contributed by atoms with van der Waals surface area (Å²) in [6.07, 6.45) is 4.40. The van der Waals surface area contributed by atoms with E-state index in [2.05, 4.69) is 27.7 Å². The Balaban J connectivity index is 1.62. The molecule has 1 aliphatic heterocycles. The molecule has 0 bridgehead atoms. The standard InChI is InChI=1S/C20H28N6O2/c1-4-18(16-13-21-25(3)14-16)23-20(28)22-17-7-5-6-15(12-17)19(27)26-10-8-24(2)9-11-26/h5-7,12-14,18H,4,8-11H2,1-3H3,(H2,22,23,28)/t18-/m1/s1. The summed E-state index contributed by atoms with van der Waals surface area (Å²) in [6.45, 7) is 5.19. The summed E-state index contributed by atoms with van der Waals surface area (Å²) >= 11 is 0. The van der Waals surface area contributed by atoms with E-state index in [1.807, 2.05) is 25.1 Å². The van der Waals surface area contributed by atoms with Crippen molar-refractivity contribution in [2.75, 3.05) is 38.5 Å². The van der Waals surface area contributed by atoms with E-state index in [1.54, 1.807) is 35.1 Å². The first-order valence-electron chi connectivity index (χ1n) is 9.60. The largest absolute Gasteiger partial charge is 0.336 e. The van der Waals surface area contributed by atoms with Gasteiger partial charge in [-0.25, -0.2) is 4.79 Å². The molecule has 1 aliphatic rings. The van der Waals surface area contributed by atoms with Crippen LogP contribution in [0.15, 0.2) is 36.7 Å². The minimum atomic E-state index is -0.306. The zero-order valence-corrected chi connectivity index (χ0v) is 16.7. The quantitative estimate of drug-likeness (QED) is 0.827. The van der Waals surface area contributed by atoms with Crippen LogP contribution >= 0.6 is 0 Å². The summed E-state index contributed by atoms with van der Waals surface area (Å²) in [7, 11) is 3.90. The highest BCUT2D eigenvalue weighted by Crippen LogP contribution is 2.17. The first-order chi connectivity index (χ1) is 13.5. The first-order valence-corrected chi connectivity index (χ1v) is 9.60. The number of piperazine rings is 1. The SMILES string of the molecule is CC[C@@H](NC(=O)Nc1cccc(C(=O)N2CCN(C)CC2)c1)c1cnn(C)c1. The van der Waals surface area contributed by atoms with Gasteiger partial charge in [-0.05, 0) is 31.7 Å². The van der Waals surface area contributed by atoms with Gasteiger partial charge >= 0.3 is 6.03 Å². The maximum absolute atomic E-state index is 12.7. The van der Waals surface area contributed by atoms with Crippen LogP contribution in [0.4, 0.5) is 10.5 Å². The lowest BCUT2D eigenvalue weighted by molar-refractivity contribution is 0.0664. The molecule has 0 aliphatic carbocycles. The number of amides is 3. The van der Waals surface area contributed by atoms with Gasteiger partial charge in [0, 0.05) is 56.2 Å². The molecule has 0 saturated carbocycles. The van der Waals surface area contributed by atoms with E-state index >= 15 is 0 Å². The summed E-state index contributed by atoms with van der Waals surface area (Å²) in [6, 6.07) is 6.66. The number of hydrogen-bond donors (Lipinski definition) is 2. The van der Waals surface area contributed by atoms with Crippen LogP contribution < -0.4 is 10.6 Å². The van der Waals surface area contributed by atoms with E-state index in [0.29, 0.717) is 11.3 Å². The molecule has 28 heavy (non-hydrogen) atoms. The minimum Gasteiger partial charge on any atom is -0.336 e. The molecule has 1 aromatic carbocycles. The molecule has 2 heterocycles. The van der Waals surface area contributed by atoms with Crippen molar-refractivity contribution in [3.05, 3.63) is 47.8 Å². The molecule has 1 fully saturated rings. The fourth-order valence-electron chi connectivity index (χ4n) is 3.29. The van der Waals surface area contributed by atoms with Crippen molar-refractivity contribution in [1.82, 2.24) is 24.9 Å². The highest BCUT2D eigenvalue weighted by Gasteiger charge is 2.21. The molecule has 1 saturated heterocycles. The number of benzene rings is 1. The zero-order valence-electron chi connectivity index (χ0n) is 16.7. The van der Waals surface area contributed by atoms with Gasteiger partial charge in [0.1, 0.15) is 0 Å². The third-order valence-electron chi connectivity index (χ3n) is 5.00. The predicted octanol–water partition coefficient (Wildman–Crippen LogP) is 2.08. The van der Waals surface area contributed by atoms with E-state index in [4.69, 9.17) is 0 Å². The smallest absolute Gasteiger partial charge is 0.319 e. The van der Waals surface area contributed by atoms with Gasteiger partial charge in [0.25, 0.3) is 5.91 Å². The van der Waals surface area contributed by atoms with Crippen LogP contribution in [0.2, 0.25) is 0 Å². The number of urea groups is 1. The minimum absolute atomic E-state index is 0.000970. The highest BCUT2D eigenvalue weighted by atomic mass is 16.2. The van der Waals surface area contributed by atoms with E-state index < -0.39 is 0 Å². The molecule has 2 aromatic rings. The summed E-state index contributed by atoms with van der Waals surface area (Å²) in [4.78, 5) is 29.2. The molecular weight excluding hydrogens is 356 g/mol. The molecule has 150 valence electrons. The maximum atomic E-state index is 12.7. The van der Waals surface area contributed by atoms with Crippen LogP contribution in [0.3, 0.4) is 0 Å². The molecule has 2 N–H and O–H groups in total. The molecule has 1 aromatic heterocycles. The lowest BCUT2D eigenvalue weighted by Gasteiger charge is -2.32. The number of carbonyl (C=O) groups is 2. The van der Waals surface area contributed by atoms with Gasteiger partial charge in [-0.3, -0.25) is 9.48 Å². The number of aryl methyl sites for hydroxylation is 1. The topological polar surface area (TPSA) is 82.5 Å². The number of nitrogens with zero attached hydrogens (tertiary/aromatic N) is 4. The van der Waals surface area contributed by atoms with E-state index in [1.165, 1.54) is 0 Å². The van der Waals surface area contributed by atoms with Crippen LogP contribution in [-0.2, 0) is 7.05 Å². The lowest BCUT2D eigenvalue weighted by Crippen LogP contribution is -2.47. The van der Waals surface area contributed by atoms with E-state index in [9.17, 15) is 9.59 Å². The Morgan fingerprint density at radius 3 is 2.57 bits per heavy atom. The molecule has 3 rings (SSSR count). The Hall–Kier alpha value is -2.87. The van der Waals surface area contributed by atoms with Crippen molar-refractivity contribution >= 4 is 17.6 Å². The number of rotatable bonds is 5. The Kier molecular flexibility index (Phi) is 6.30. The Labute approximate surface area is 165 Å². The molecule has 8 nitrogen and oxygen atoms in total. The van der Waals surface area contributed by atoms with E-state index in [-0.39, 0.29) is 18.0 Å². The zero-order chi connectivity index (χ0) is 20.1. The third-order valence-corrected chi connectivity index (χ3v) is 5.00. The van der Waals surface area contributed by atoms with Gasteiger partial charge in [-0.15, -0.1) is 0 Å². The van der Waals surface area contributed by atoms with Gasteiger partial charge in [0.15, 0.2) is 0 Å². The summed E-state index contributed by atoms with van der Waals surface area (Å²) in [5, 5.41) is 9.95. The van der Waals surface area contributed by atoms with Gasteiger partial charge in [0.2, 0.25) is 0 Å². The number of likely N-dealkylation sites (N-methyl/N-ethyl adjacent to an activating group) is 1. The molecule has 3 amide bonds.